The molecular weight excluding hydrogens is 514 g/mol. The highest BCUT2D eigenvalue weighted by Crippen LogP contribution is 2.44. The summed E-state index contributed by atoms with van der Waals surface area (Å²) in [6.07, 6.45) is 2.08. The SMILES string of the molecule is COc1cc2c(cc1C(=O)NC1(C#N)COC1)-c1c(-c3cccs3)cc(C(=O)N3CCC[C@]3(C)C#N)n1CC2. The van der Waals surface area contributed by atoms with Crippen molar-refractivity contribution in [3.63, 3.8) is 0 Å². The summed E-state index contributed by atoms with van der Waals surface area (Å²) < 4.78 is 12.8. The average molecular weight is 542 g/mol. The molecule has 3 aliphatic rings. The zero-order valence-electron chi connectivity index (χ0n) is 21.7. The number of ether oxygens (including phenoxy) is 2. The molecule has 1 N–H and O–H groups in total. The number of thiophene rings is 1. The Balaban J connectivity index is 1.49. The maximum absolute atomic E-state index is 13.9. The van der Waals surface area contributed by atoms with E-state index in [4.69, 9.17) is 9.47 Å². The van der Waals surface area contributed by atoms with Gasteiger partial charge in [0.05, 0.1) is 43.7 Å². The largest absolute Gasteiger partial charge is 0.496 e. The molecule has 2 saturated heterocycles. The number of carbonyl (C=O) groups excluding carboxylic acids is 2. The highest BCUT2D eigenvalue weighted by Gasteiger charge is 2.43. The van der Waals surface area contributed by atoms with Crippen molar-refractivity contribution in [3.8, 4) is 39.6 Å². The second-order valence-electron chi connectivity index (χ2n) is 10.5. The van der Waals surface area contributed by atoms with Gasteiger partial charge in [0.1, 0.15) is 17.0 Å². The van der Waals surface area contributed by atoms with Gasteiger partial charge in [0.15, 0.2) is 5.54 Å². The highest BCUT2D eigenvalue weighted by molar-refractivity contribution is 7.13. The smallest absolute Gasteiger partial charge is 0.271 e. The molecule has 0 aliphatic carbocycles. The molecule has 1 aromatic carbocycles. The summed E-state index contributed by atoms with van der Waals surface area (Å²) in [5.74, 6) is -0.147. The van der Waals surface area contributed by atoms with Crippen molar-refractivity contribution in [3.05, 3.63) is 52.5 Å². The number of carbonyl (C=O) groups is 2. The number of benzene rings is 1. The summed E-state index contributed by atoms with van der Waals surface area (Å²) in [6, 6.07) is 14.1. The van der Waals surface area contributed by atoms with Gasteiger partial charge in [0.25, 0.3) is 11.8 Å². The molecular formula is C29H27N5O4S. The first kappa shape index (κ1) is 25.2. The van der Waals surface area contributed by atoms with Gasteiger partial charge in [-0.3, -0.25) is 9.59 Å². The van der Waals surface area contributed by atoms with Crippen LogP contribution in [0.4, 0.5) is 0 Å². The molecule has 0 saturated carbocycles. The van der Waals surface area contributed by atoms with E-state index in [1.54, 1.807) is 22.3 Å². The Morgan fingerprint density at radius 2 is 1.97 bits per heavy atom. The van der Waals surface area contributed by atoms with Crippen LogP contribution in [0.3, 0.4) is 0 Å². The summed E-state index contributed by atoms with van der Waals surface area (Å²) in [7, 11) is 1.52. The summed E-state index contributed by atoms with van der Waals surface area (Å²) >= 11 is 1.58. The molecule has 198 valence electrons. The predicted octanol–water partition coefficient (Wildman–Crippen LogP) is 3.99. The monoisotopic (exact) mass is 541 g/mol. The quantitative estimate of drug-likeness (QED) is 0.522. The third-order valence-corrected chi connectivity index (χ3v) is 8.93. The first-order valence-corrected chi connectivity index (χ1v) is 13.7. The molecule has 0 radical (unpaired) electrons. The van der Waals surface area contributed by atoms with Crippen molar-refractivity contribution < 1.29 is 19.1 Å². The van der Waals surface area contributed by atoms with E-state index in [0.717, 1.165) is 33.7 Å². The van der Waals surface area contributed by atoms with E-state index in [-0.39, 0.29) is 19.1 Å². The van der Waals surface area contributed by atoms with Crippen molar-refractivity contribution in [1.82, 2.24) is 14.8 Å². The molecule has 2 aromatic heterocycles. The number of amides is 2. The first-order valence-electron chi connectivity index (χ1n) is 12.9. The third kappa shape index (κ3) is 3.91. The van der Waals surface area contributed by atoms with E-state index in [1.165, 1.54) is 7.11 Å². The van der Waals surface area contributed by atoms with Gasteiger partial charge in [-0.2, -0.15) is 10.5 Å². The summed E-state index contributed by atoms with van der Waals surface area (Å²) in [4.78, 5) is 30.0. The highest BCUT2D eigenvalue weighted by atomic mass is 32.1. The normalized spacial score (nSPS) is 20.7. The minimum atomic E-state index is -1.05. The molecule has 0 spiro atoms. The molecule has 0 unspecified atom stereocenters. The number of nitrogens with one attached hydrogen (secondary N) is 1. The van der Waals surface area contributed by atoms with Gasteiger partial charge in [-0.15, -0.1) is 11.3 Å². The minimum Gasteiger partial charge on any atom is -0.496 e. The fraction of sp³-hybridized carbons (Fsp3) is 0.379. The Hall–Kier alpha value is -4.12. The zero-order chi connectivity index (χ0) is 27.4. The minimum absolute atomic E-state index is 0.136. The van der Waals surface area contributed by atoms with Crippen LogP contribution in [0.1, 0.15) is 46.2 Å². The number of fused-ring (bicyclic) bond motifs is 3. The number of aryl methyl sites for hydroxylation is 1. The fourth-order valence-corrected chi connectivity index (χ4v) is 6.54. The van der Waals surface area contributed by atoms with E-state index in [1.807, 2.05) is 41.1 Å². The number of hydrogen-bond donors (Lipinski definition) is 1. The summed E-state index contributed by atoms with van der Waals surface area (Å²) in [5, 5.41) is 24.2. The molecule has 0 bridgehead atoms. The number of nitriles is 2. The van der Waals surface area contributed by atoms with E-state index in [0.29, 0.717) is 42.9 Å². The van der Waals surface area contributed by atoms with E-state index in [2.05, 4.69) is 17.5 Å². The number of aromatic nitrogens is 1. The second kappa shape index (κ2) is 9.26. The zero-order valence-corrected chi connectivity index (χ0v) is 22.6. The third-order valence-electron chi connectivity index (χ3n) is 8.02. The lowest BCUT2D eigenvalue weighted by atomic mass is 9.92. The van der Waals surface area contributed by atoms with Gasteiger partial charge < -0.3 is 24.3 Å². The molecule has 39 heavy (non-hydrogen) atoms. The Bertz CT molecular complexity index is 1570. The van der Waals surface area contributed by atoms with Crippen LogP contribution in [0.5, 0.6) is 5.75 Å². The van der Waals surface area contributed by atoms with Crippen LogP contribution in [0.15, 0.2) is 35.7 Å². The number of likely N-dealkylation sites (tertiary alicyclic amines) is 1. The van der Waals surface area contributed by atoms with Crippen LogP contribution in [0.25, 0.3) is 21.7 Å². The summed E-state index contributed by atoms with van der Waals surface area (Å²) in [6.45, 7) is 3.22. The van der Waals surface area contributed by atoms with E-state index in [9.17, 15) is 20.1 Å². The molecule has 9 nitrogen and oxygen atoms in total. The van der Waals surface area contributed by atoms with Crippen LogP contribution < -0.4 is 10.1 Å². The lowest BCUT2D eigenvalue weighted by Gasteiger charge is -2.35. The van der Waals surface area contributed by atoms with E-state index >= 15 is 0 Å². The molecule has 10 heteroatoms. The molecule has 3 aliphatic heterocycles. The average Bonchev–Trinajstić information content (AvgIpc) is 3.68. The van der Waals surface area contributed by atoms with Crippen LogP contribution >= 0.6 is 11.3 Å². The molecule has 6 rings (SSSR count). The topological polar surface area (TPSA) is 120 Å². The lowest BCUT2D eigenvalue weighted by Crippen LogP contribution is -2.61. The van der Waals surface area contributed by atoms with Gasteiger partial charge >= 0.3 is 0 Å². The Kier molecular flexibility index (Phi) is 5.98. The maximum Gasteiger partial charge on any atom is 0.271 e. The van der Waals surface area contributed by atoms with Crippen LogP contribution in [-0.4, -0.2) is 59.2 Å². The lowest BCUT2D eigenvalue weighted by molar-refractivity contribution is -0.0398. The number of nitrogens with zero attached hydrogens (tertiary/aromatic N) is 4. The maximum atomic E-state index is 13.9. The van der Waals surface area contributed by atoms with Crippen LogP contribution in [-0.2, 0) is 17.7 Å². The first-order chi connectivity index (χ1) is 18.8. The number of methoxy groups -OCH3 is 1. The van der Waals surface area contributed by atoms with Crippen molar-refractivity contribution in [2.24, 2.45) is 0 Å². The Morgan fingerprint density at radius 1 is 1.15 bits per heavy atom. The molecule has 2 amide bonds. The molecule has 3 aromatic rings. The Morgan fingerprint density at radius 3 is 2.62 bits per heavy atom. The van der Waals surface area contributed by atoms with Crippen molar-refractivity contribution in [2.75, 3.05) is 26.9 Å². The Labute approximate surface area is 230 Å². The van der Waals surface area contributed by atoms with Gasteiger partial charge in [-0.25, -0.2) is 0 Å². The summed E-state index contributed by atoms with van der Waals surface area (Å²) in [5.41, 5.74) is 2.59. The van der Waals surface area contributed by atoms with Gasteiger partial charge in [-0.05, 0) is 61.4 Å². The number of rotatable bonds is 5. The van der Waals surface area contributed by atoms with Crippen LogP contribution in [0.2, 0.25) is 0 Å². The van der Waals surface area contributed by atoms with Crippen molar-refractivity contribution in [1.29, 1.82) is 10.5 Å². The van der Waals surface area contributed by atoms with Crippen LogP contribution in [0, 0.1) is 22.7 Å². The molecule has 5 heterocycles. The predicted molar refractivity (Wildman–Crippen MR) is 144 cm³/mol. The van der Waals surface area contributed by atoms with Gasteiger partial charge in [-0.1, -0.05) is 6.07 Å². The fourth-order valence-electron chi connectivity index (χ4n) is 5.80. The van der Waals surface area contributed by atoms with Crippen molar-refractivity contribution in [2.45, 2.75) is 43.8 Å². The molecule has 1 atom stereocenters. The van der Waals surface area contributed by atoms with E-state index < -0.39 is 17.0 Å². The van der Waals surface area contributed by atoms with Crippen molar-refractivity contribution >= 4 is 23.2 Å². The molecule has 2 fully saturated rings. The number of hydrogen-bond acceptors (Lipinski definition) is 7. The van der Waals surface area contributed by atoms with Gasteiger partial charge in [0, 0.05) is 29.1 Å². The van der Waals surface area contributed by atoms with Gasteiger partial charge in [0.2, 0.25) is 0 Å². The standard InChI is InChI=1S/C29H27N5O4S/c1-28(14-30)7-4-8-34(28)27(36)22-13-21(24-5-3-10-39-24)25-19-12-20(26(35)32-29(15-31)16-38-17-29)23(37-2)11-18(19)6-9-33(22)25/h3,5,10-13H,4,6-9,16-17H2,1-2H3,(H,32,35)/t28-/m1/s1. The second-order valence-corrected chi connectivity index (χ2v) is 11.4.